The van der Waals surface area contributed by atoms with Crippen LogP contribution < -0.4 is 21.4 Å². The lowest BCUT2D eigenvalue weighted by Gasteiger charge is -2.05. The molecule has 0 atom stereocenters. The van der Waals surface area contributed by atoms with Crippen LogP contribution in [0.25, 0.3) is 0 Å². The lowest BCUT2D eigenvalue weighted by molar-refractivity contribution is -0.133. The molecule has 0 aromatic heterocycles. The Morgan fingerprint density at radius 1 is 1.17 bits per heavy atom. The molecule has 0 spiro atoms. The second-order valence-electron chi connectivity index (χ2n) is 4.55. The molecular formula is C16H16N4O2S. The van der Waals surface area contributed by atoms with E-state index in [2.05, 4.69) is 16.0 Å². The van der Waals surface area contributed by atoms with Gasteiger partial charge in [0.2, 0.25) is 5.11 Å². The number of hydrazine groups is 1. The molecule has 118 valence electrons. The summed E-state index contributed by atoms with van der Waals surface area (Å²) in [5.74, 6) is 5.27. The van der Waals surface area contributed by atoms with Crippen molar-refractivity contribution in [3.8, 4) is 5.75 Å². The third-order valence-corrected chi connectivity index (χ3v) is 3.02. The first-order chi connectivity index (χ1) is 11.2. The number of esters is 1. The summed E-state index contributed by atoms with van der Waals surface area (Å²) in [6.45, 7) is 0. The van der Waals surface area contributed by atoms with E-state index in [0.29, 0.717) is 5.75 Å². The zero-order valence-corrected chi connectivity index (χ0v) is 13.0. The van der Waals surface area contributed by atoms with Gasteiger partial charge in [-0.25, -0.2) is 5.84 Å². The van der Waals surface area contributed by atoms with E-state index in [-0.39, 0.29) is 17.5 Å². The fourth-order valence-electron chi connectivity index (χ4n) is 1.75. The van der Waals surface area contributed by atoms with Crippen molar-refractivity contribution in [1.29, 1.82) is 0 Å². The third kappa shape index (κ3) is 5.85. The Labute approximate surface area is 139 Å². The van der Waals surface area contributed by atoms with Crippen LogP contribution in [0.3, 0.4) is 0 Å². The van der Waals surface area contributed by atoms with Gasteiger partial charge in [0.25, 0.3) is 0 Å². The number of carbonyl (C=O) groups excluding carboxylic acids is 1. The second kappa shape index (κ2) is 8.62. The maximum atomic E-state index is 11.9. The molecule has 4 N–H and O–H groups in total. The van der Waals surface area contributed by atoms with Gasteiger partial charge in [0.15, 0.2) is 0 Å². The van der Waals surface area contributed by atoms with Crippen molar-refractivity contribution < 1.29 is 9.53 Å². The Balaban J connectivity index is 1.87. The Bertz CT molecular complexity index is 687. The number of nitrogens with two attached hydrogens (primary N) is 1. The first-order valence-electron chi connectivity index (χ1n) is 6.81. The van der Waals surface area contributed by atoms with E-state index in [1.165, 1.54) is 0 Å². The highest BCUT2D eigenvalue weighted by molar-refractivity contribution is 7.80. The molecule has 23 heavy (non-hydrogen) atoms. The monoisotopic (exact) mass is 328 g/mol. The summed E-state index contributed by atoms with van der Waals surface area (Å²) >= 11 is 4.77. The van der Waals surface area contributed by atoms with Crippen LogP contribution in [0.15, 0.2) is 59.7 Å². The SMILES string of the molecule is NNC(=S)NN=Cc1ccc(OC(=O)Cc2ccccc2)cc1. The Morgan fingerprint density at radius 2 is 1.87 bits per heavy atom. The standard InChI is InChI=1S/C16H16N4O2S/c17-19-16(23)20-18-11-13-6-8-14(9-7-13)22-15(21)10-12-4-2-1-3-5-12/h1-9,11H,10,17H2,(H2,19,20,23). The van der Waals surface area contributed by atoms with Crippen LogP contribution in [0.5, 0.6) is 5.75 Å². The van der Waals surface area contributed by atoms with Gasteiger partial charge in [-0.2, -0.15) is 5.10 Å². The van der Waals surface area contributed by atoms with Gasteiger partial charge in [0.1, 0.15) is 5.75 Å². The number of nitrogens with zero attached hydrogens (tertiary/aromatic N) is 1. The van der Waals surface area contributed by atoms with Crippen molar-refractivity contribution in [3.05, 3.63) is 65.7 Å². The van der Waals surface area contributed by atoms with Crippen molar-refractivity contribution >= 4 is 29.5 Å². The highest BCUT2D eigenvalue weighted by Gasteiger charge is 2.06. The topological polar surface area (TPSA) is 88.7 Å². The molecule has 0 saturated carbocycles. The van der Waals surface area contributed by atoms with E-state index in [1.807, 2.05) is 30.3 Å². The summed E-state index contributed by atoms with van der Waals surface area (Å²) in [6, 6.07) is 16.4. The number of hydrazone groups is 1. The van der Waals surface area contributed by atoms with Crippen LogP contribution in [0.1, 0.15) is 11.1 Å². The quantitative estimate of drug-likeness (QED) is 0.193. The van der Waals surface area contributed by atoms with E-state index >= 15 is 0 Å². The predicted molar refractivity (Wildman–Crippen MR) is 92.9 cm³/mol. The summed E-state index contributed by atoms with van der Waals surface area (Å²) in [7, 11) is 0. The maximum Gasteiger partial charge on any atom is 0.315 e. The fraction of sp³-hybridized carbons (Fsp3) is 0.0625. The van der Waals surface area contributed by atoms with E-state index in [0.717, 1.165) is 11.1 Å². The fourth-order valence-corrected chi connectivity index (χ4v) is 1.80. The zero-order valence-electron chi connectivity index (χ0n) is 12.2. The van der Waals surface area contributed by atoms with Crippen LogP contribution in [0.2, 0.25) is 0 Å². The number of benzene rings is 2. The van der Waals surface area contributed by atoms with Gasteiger partial charge in [0, 0.05) is 0 Å². The average Bonchev–Trinajstić information content (AvgIpc) is 2.57. The molecule has 0 saturated heterocycles. The summed E-state index contributed by atoms with van der Waals surface area (Å²) in [5.41, 5.74) is 6.52. The summed E-state index contributed by atoms with van der Waals surface area (Å²) in [4.78, 5) is 11.9. The highest BCUT2D eigenvalue weighted by Crippen LogP contribution is 2.12. The Kier molecular flexibility index (Phi) is 6.22. The zero-order chi connectivity index (χ0) is 16.5. The number of ether oxygens (including phenoxy) is 1. The Morgan fingerprint density at radius 3 is 2.52 bits per heavy atom. The molecule has 0 radical (unpaired) electrons. The number of nitrogens with one attached hydrogen (secondary N) is 2. The van der Waals surface area contributed by atoms with E-state index < -0.39 is 0 Å². The van der Waals surface area contributed by atoms with Gasteiger partial charge < -0.3 is 4.74 Å². The molecule has 0 aliphatic heterocycles. The first kappa shape index (κ1) is 16.6. The van der Waals surface area contributed by atoms with Crippen molar-refractivity contribution in [2.45, 2.75) is 6.42 Å². The molecule has 0 heterocycles. The van der Waals surface area contributed by atoms with Gasteiger partial charge >= 0.3 is 5.97 Å². The van der Waals surface area contributed by atoms with Gasteiger partial charge in [-0.3, -0.25) is 15.6 Å². The first-order valence-corrected chi connectivity index (χ1v) is 7.22. The van der Waals surface area contributed by atoms with E-state index in [4.69, 9.17) is 22.8 Å². The molecule has 7 heteroatoms. The highest BCUT2D eigenvalue weighted by atomic mass is 32.1. The predicted octanol–water partition coefficient (Wildman–Crippen LogP) is 1.51. The van der Waals surface area contributed by atoms with Gasteiger partial charge in [-0.1, -0.05) is 30.3 Å². The Hall–Kier alpha value is -2.77. The van der Waals surface area contributed by atoms with Crippen molar-refractivity contribution in [1.82, 2.24) is 10.9 Å². The molecule has 6 nitrogen and oxygen atoms in total. The van der Waals surface area contributed by atoms with Crippen LogP contribution >= 0.6 is 12.2 Å². The lowest BCUT2D eigenvalue weighted by atomic mass is 10.1. The molecule has 2 rings (SSSR count). The van der Waals surface area contributed by atoms with Gasteiger partial charge in [0.05, 0.1) is 12.6 Å². The minimum absolute atomic E-state index is 0.215. The molecular weight excluding hydrogens is 312 g/mol. The van der Waals surface area contributed by atoms with Crippen molar-refractivity contribution in [2.75, 3.05) is 0 Å². The third-order valence-electron chi connectivity index (χ3n) is 2.81. The maximum absolute atomic E-state index is 11.9. The van der Waals surface area contributed by atoms with E-state index in [1.54, 1.807) is 30.5 Å². The summed E-state index contributed by atoms with van der Waals surface area (Å²) in [5, 5.41) is 4.11. The summed E-state index contributed by atoms with van der Waals surface area (Å²) < 4.78 is 5.29. The molecule has 0 bridgehead atoms. The number of rotatable bonds is 5. The van der Waals surface area contributed by atoms with Crippen molar-refractivity contribution in [3.63, 3.8) is 0 Å². The summed E-state index contributed by atoms with van der Waals surface area (Å²) in [6.07, 6.45) is 1.80. The minimum atomic E-state index is -0.307. The van der Waals surface area contributed by atoms with Crippen LogP contribution in [-0.2, 0) is 11.2 Å². The lowest BCUT2D eigenvalue weighted by Crippen LogP contribution is -2.37. The number of thiocarbonyl (C=S) groups is 1. The molecule has 0 unspecified atom stereocenters. The average molecular weight is 328 g/mol. The van der Waals surface area contributed by atoms with Crippen LogP contribution in [-0.4, -0.2) is 17.3 Å². The second-order valence-corrected chi connectivity index (χ2v) is 4.96. The number of hydrogen-bond acceptors (Lipinski definition) is 5. The molecule has 0 fully saturated rings. The van der Waals surface area contributed by atoms with Gasteiger partial charge in [-0.05, 0) is 47.6 Å². The largest absolute Gasteiger partial charge is 0.426 e. The van der Waals surface area contributed by atoms with E-state index in [9.17, 15) is 4.79 Å². The normalized spacial score (nSPS) is 10.3. The molecule has 0 aliphatic carbocycles. The van der Waals surface area contributed by atoms with Crippen LogP contribution in [0, 0.1) is 0 Å². The molecule has 0 amide bonds. The molecule has 2 aromatic carbocycles. The smallest absolute Gasteiger partial charge is 0.315 e. The molecule has 0 aliphatic rings. The van der Waals surface area contributed by atoms with Crippen LogP contribution in [0.4, 0.5) is 0 Å². The van der Waals surface area contributed by atoms with Crippen molar-refractivity contribution in [2.24, 2.45) is 10.9 Å². The number of hydrogen-bond donors (Lipinski definition) is 3. The number of carbonyl (C=O) groups is 1. The minimum Gasteiger partial charge on any atom is -0.426 e. The van der Waals surface area contributed by atoms with Gasteiger partial charge in [-0.15, -0.1) is 0 Å². The molecule has 2 aromatic rings.